The van der Waals surface area contributed by atoms with Crippen LogP contribution < -0.4 is 21.2 Å². The third kappa shape index (κ3) is 2.53. The summed E-state index contributed by atoms with van der Waals surface area (Å²) in [4.78, 5) is 0. The third-order valence-electron chi connectivity index (χ3n) is 5.43. The zero-order valence-corrected chi connectivity index (χ0v) is 17.3. The molecule has 0 spiro atoms. The minimum absolute atomic E-state index is 0.449. The van der Waals surface area contributed by atoms with Crippen molar-refractivity contribution in [1.29, 1.82) is 0 Å². The van der Waals surface area contributed by atoms with E-state index >= 15 is 3.89 Å². The molecule has 0 radical (unpaired) electrons. The number of hydrogen-bond acceptors (Lipinski definition) is 2. The van der Waals surface area contributed by atoms with Crippen LogP contribution in [0, 0.1) is 0 Å². The molecule has 4 aromatic rings. The second-order valence-electron chi connectivity index (χ2n) is 6.79. The number of halogens is 1. The molecule has 0 unspecified atom stereocenters. The Balaban J connectivity index is 2.41. The van der Waals surface area contributed by atoms with E-state index in [0.29, 0.717) is 21.2 Å². The Labute approximate surface area is 170 Å². The molecule has 0 aliphatic heterocycles. The summed E-state index contributed by atoms with van der Waals surface area (Å²) in [6.07, 6.45) is 0. The minimum atomic E-state index is -5.17. The van der Waals surface area contributed by atoms with Gasteiger partial charge in [-0.1, -0.05) is 0 Å². The van der Waals surface area contributed by atoms with Gasteiger partial charge in [0.2, 0.25) is 0 Å². The van der Waals surface area contributed by atoms with Crippen LogP contribution in [0.5, 0.6) is 0 Å². The van der Waals surface area contributed by atoms with Crippen molar-refractivity contribution in [2.24, 2.45) is 0 Å². The SMILES string of the molecule is O=S(=O)(F)P(c1ccccc1)(c1ccccc1)(c1ccccc1)c1ccccc1. The van der Waals surface area contributed by atoms with E-state index in [2.05, 4.69) is 0 Å². The van der Waals surface area contributed by atoms with Crippen molar-refractivity contribution in [3.05, 3.63) is 121 Å². The van der Waals surface area contributed by atoms with Crippen molar-refractivity contribution in [2.45, 2.75) is 0 Å². The summed E-state index contributed by atoms with van der Waals surface area (Å²) < 4.78 is 43.3. The monoisotopic (exact) mass is 422 g/mol. The van der Waals surface area contributed by atoms with Gasteiger partial charge in [0.25, 0.3) is 0 Å². The van der Waals surface area contributed by atoms with Gasteiger partial charge in [-0.05, 0) is 0 Å². The van der Waals surface area contributed by atoms with Crippen molar-refractivity contribution < 1.29 is 12.3 Å². The molecule has 5 heteroatoms. The second-order valence-corrected chi connectivity index (χ2v) is 15.3. The van der Waals surface area contributed by atoms with E-state index in [0.717, 1.165) is 0 Å². The van der Waals surface area contributed by atoms with Gasteiger partial charge in [-0.3, -0.25) is 0 Å². The standard InChI is InChI=1S/C24H20FO2PS/c25-29(26,27)28(21-13-5-1-6-14-21,22-15-7-2-8-16-22,23-17-9-3-10-18-23)24-19-11-4-12-20-24/h1-20H. The Morgan fingerprint density at radius 3 is 0.828 bits per heavy atom. The fourth-order valence-electron chi connectivity index (χ4n) is 4.25. The van der Waals surface area contributed by atoms with Crippen LogP contribution in [0.1, 0.15) is 0 Å². The summed E-state index contributed by atoms with van der Waals surface area (Å²) >= 11 is 0. The van der Waals surface area contributed by atoms with Crippen LogP contribution in [-0.2, 0) is 9.84 Å². The van der Waals surface area contributed by atoms with Crippen LogP contribution in [0.3, 0.4) is 0 Å². The van der Waals surface area contributed by atoms with Gasteiger partial charge in [0.05, 0.1) is 0 Å². The first-order chi connectivity index (χ1) is 14.0. The Hall–Kier alpha value is -2.81. The Kier molecular flexibility index (Phi) is 4.85. The van der Waals surface area contributed by atoms with Gasteiger partial charge in [-0.2, -0.15) is 0 Å². The first kappa shape index (κ1) is 19.5. The van der Waals surface area contributed by atoms with E-state index in [1.807, 2.05) is 0 Å². The number of hydrogen-bond donors (Lipinski definition) is 0. The predicted molar refractivity (Wildman–Crippen MR) is 121 cm³/mol. The van der Waals surface area contributed by atoms with E-state index in [1.165, 1.54) is 0 Å². The van der Waals surface area contributed by atoms with Crippen molar-refractivity contribution in [3.8, 4) is 0 Å². The number of rotatable bonds is 5. The zero-order valence-electron chi connectivity index (χ0n) is 15.6. The van der Waals surface area contributed by atoms with Gasteiger partial charge in [0.1, 0.15) is 0 Å². The molecule has 2 nitrogen and oxygen atoms in total. The fraction of sp³-hybridized carbons (Fsp3) is 0. The van der Waals surface area contributed by atoms with Crippen LogP contribution >= 0.6 is 5.81 Å². The molecule has 4 aromatic carbocycles. The van der Waals surface area contributed by atoms with Crippen LogP contribution in [0.4, 0.5) is 3.89 Å². The molecule has 0 saturated carbocycles. The van der Waals surface area contributed by atoms with Gasteiger partial charge >= 0.3 is 170 Å². The third-order valence-corrected chi connectivity index (χ3v) is 16.6. The van der Waals surface area contributed by atoms with Crippen LogP contribution in [0.25, 0.3) is 0 Å². The molecule has 0 aliphatic rings. The molecule has 0 aliphatic carbocycles. The van der Waals surface area contributed by atoms with Gasteiger partial charge in [0.15, 0.2) is 0 Å². The fourth-order valence-corrected chi connectivity index (χ4v) is 14.5. The molecule has 146 valence electrons. The van der Waals surface area contributed by atoms with Crippen LogP contribution in [0.15, 0.2) is 121 Å². The molecule has 0 atom stereocenters. The molecule has 0 bridgehead atoms. The number of benzene rings is 4. The van der Waals surface area contributed by atoms with Gasteiger partial charge in [-0.15, -0.1) is 0 Å². The average molecular weight is 422 g/mol. The van der Waals surface area contributed by atoms with Crippen molar-refractivity contribution in [1.82, 2.24) is 0 Å². The van der Waals surface area contributed by atoms with E-state index in [-0.39, 0.29) is 0 Å². The zero-order chi connectivity index (χ0) is 20.4. The first-order valence-electron chi connectivity index (χ1n) is 9.21. The Morgan fingerprint density at radius 2 is 0.655 bits per heavy atom. The predicted octanol–water partition coefficient (Wildman–Crippen LogP) is 4.06. The molecule has 0 saturated heterocycles. The maximum absolute atomic E-state index is 16.1. The van der Waals surface area contributed by atoms with Crippen LogP contribution in [-0.4, -0.2) is 8.42 Å². The van der Waals surface area contributed by atoms with Crippen molar-refractivity contribution >= 4 is 36.9 Å². The normalized spacial score (nSPS) is 13.3. The summed E-state index contributed by atoms with van der Waals surface area (Å²) in [6.45, 7) is 0. The van der Waals surface area contributed by atoms with E-state index in [9.17, 15) is 8.42 Å². The summed E-state index contributed by atoms with van der Waals surface area (Å²) in [7, 11) is -5.17. The second kappa shape index (κ2) is 7.22. The topological polar surface area (TPSA) is 34.1 Å². The first-order valence-corrected chi connectivity index (χ1v) is 13.4. The quantitative estimate of drug-likeness (QED) is 0.359. The summed E-state index contributed by atoms with van der Waals surface area (Å²) in [6, 6.07) is 35.1. The summed E-state index contributed by atoms with van der Waals surface area (Å²) in [5, 5.41) is 1.79. The summed E-state index contributed by atoms with van der Waals surface area (Å²) in [5.74, 6) is -4.78. The molecule has 0 amide bonds. The summed E-state index contributed by atoms with van der Waals surface area (Å²) in [5.41, 5.74) is 0. The van der Waals surface area contributed by atoms with Gasteiger partial charge < -0.3 is 0 Å². The van der Waals surface area contributed by atoms with Crippen LogP contribution in [0.2, 0.25) is 0 Å². The molecule has 0 heterocycles. The molecular formula is C24H20FO2PS. The van der Waals surface area contributed by atoms with Gasteiger partial charge in [-0.25, -0.2) is 0 Å². The van der Waals surface area contributed by atoms with E-state index in [1.54, 1.807) is 121 Å². The molecular weight excluding hydrogens is 402 g/mol. The Morgan fingerprint density at radius 1 is 0.448 bits per heavy atom. The molecule has 0 fully saturated rings. The van der Waals surface area contributed by atoms with E-state index in [4.69, 9.17) is 0 Å². The maximum atomic E-state index is 16.1. The van der Waals surface area contributed by atoms with Crippen molar-refractivity contribution in [2.75, 3.05) is 0 Å². The van der Waals surface area contributed by atoms with Gasteiger partial charge in [0, 0.05) is 0 Å². The molecule has 4 rings (SSSR count). The average Bonchev–Trinajstić information content (AvgIpc) is 2.77. The molecule has 0 aromatic heterocycles. The molecule has 29 heavy (non-hydrogen) atoms. The Bertz CT molecular complexity index is 1040. The van der Waals surface area contributed by atoms with Crippen molar-refractivity contribution in [3.63, 3.8) is 0 Å². The molecule has 0 N–H and O–H groups in total. The van der Waals surface area contributed by atoms with E-state index < -0.39 is 15.6 Å².